The van der Waals surface area contributed by atoms with Gasteiger partial charge in [0.2, 0.25) is 0 Å². The lowest BCUT2D eigenvalue weighted by Gasteiger charge is -2.32. The Balaban J connectivity index is 1.71. The first kappa shape index (κ1) is 17.5. The van der Waals surface area contributed by atoms with Crippen LogP contribution in [-0.4, -0.2) is 46.1 Å². The van der Waals surface area contributed by atoms with E-state index in [1.54, 1.807) is 6.07 Å². The van der Waals surface area contributed by atoms with E-state index in [1.807, 2.05) is 18.2 Å². The highest BCUT2D eigenvalue weighted by Gasteiger charge is 2.20. The van der Waals surface area contributed by atoms with Gasteiger partial charge in [-0.15, -0.1) is 0 Å². The smallest absolute Gasteiger partial charge is 0.274 e. The van der Waals surface area contributed by atoms with Crippen molar-refractivity contribution in [1.82, 2.24) is 9.62 Å². The van der Waals surface area contributed by atoms with Gasteiger partial charge in [-0.2, -0.15) is 8.42 Å². The summed E-state index contributed by atoms with van der Waals surface area (Å²) < 4.78 is 29.9. The minimum Gasteiger partial charge on any atom is -0.492 e. The Morgan fingerprint density at radius 2 is 2.27 bits per heavy atom. The summed E-state index contributed by atoms with van der Waals surface area (Å²) in [7, 11) is -3.60. The van der Waals surface area contributed by atoms with Crippen molar-refractivity contribution < 1.29 is 13.2 Å². The third kappa shape index (κ3) is 6.50. The van der Waals surface area contributed by atoms with Crippen LogP contribution < -0.4 is 14.6 Å². The summed E-state index contributed by atoms with van der Waals surface area (Å²) in [6.45, 7) is 3.63. The minimum absolute atomic E-state index is 0.290. The second-order valence-corrected chi connectivity index (χ2v) is 7.32. The van der Waals surface area contributed by atoms with Gasteiger partial charge in [0.15, 0.2) is 0 Å². The molecule has 22 heavy (non-hydrogen) atoms. The van der Waals surface area contributed by atoms with Gasteiger partial charge in [0.1, 0.15) is 12.4 Å². The van der Waals surface area contributed by atoms with E-state index in [2.05, 4.69) is 9.62 Å². The Bertz CT molecular complexity index is 582. The Kier molecular flexibility index (Phi) is 6.46. The Morgan fingerprint density at radius 3 is 3.00 bits per heavy atom. The quantitative estimate of drug-likeness (QED) is 0.776. The van der Waals surface area contributed by atoms with Crippen LogP contribution in [0.5, 0.6) is 5.75 Å². The maximum Gasteiger partial charge on any atom is 0.274 e. The van der Waals surface area contributed by atoms with Crippen LogP contribution in [0, 0.1) is 5.92 Å². The molecule has 0 amide bonds. The zero-order chi connectivity index (χ0) is 16.0. The molecule has 1 atom stereocenters. The summed E-state index contributed by atoms with van der Waals surface area (Å²) in [5.74, 6) is 1.05. The van der Waals surface area contributed by atoms with Crippen LogP contribution in [0.2, 0.25) is 5.02 Å². The monoisotopic (exact) mass is 347 g/mol. The lowest BCUT2D eigenvalue weighted by atomic mass is 9.98. The van der Waals surface area contributed by atoms with Gasteiger partial charge in [-0.3, -0.25) is 4.90 Å². The van der Waals surface area contributed by atoms with E-state index in [9.17, 15) is 8.42 Å². The number of nitrogens with zero attached hydrogens (tertiary/aromatic N) is 1. The molecule has 0 bridgehead atoms. The normalized spacial score (nSPS) is 20.0. The molecule has 1 aliphatic rings. The number of rotatable bonds is 7. The third-order valence-corrected chi connectivity index (χ3v) is 4.45. The van der Waals surface area contributed by atoms with Gasteiger partial charge >= 0.3 is 0 Å². The molecule has 6 nitrogen and oxygen atoms in total. The molecule has 1 heterocycles. The Hall–Kier alpha value is -0.860. The number of nitrogens with two attached hydrogens (primary N) is 1. The van der Waals surface area contributed by atoms with Gasteiger partial charge in [0, 0.05) is 24.7 Å². The van der Waals surface area contributed by atoms with Crippen molar-refractivity contribution >= 4 is 21.8 Å². The largest absolute Gasteiger partial charge is 0.492 e. The molecule has 1 aliphatic heterocycles. The molecule has 0 spiro atoms. The maximum atomic E-state index is 10.9. The zero-order valence-corrected chi connectivity index (χ0v) is 13.9. The van der Waals surface area contributed by atoms with Gasteiger partial charge in [-0.05, 0) is 43.5 Å². The fourth-order valence-corrected chi connectivity index (χ4v) is 3.25. The second kappa shape index (κ2) is 8.12. The molecular weight excluding hydrogens is 326 g/mol. The van der Waals surface area contributed by atoms with E-state index in [0.29, 0.717) is 24.1 Å². The first-order chi connectivity index (χ1) is 10.4. The maximum absolute atomic E-state index is 10.9. The highest BCUT2D eigenvalue weighted by atomic mass is 35.5. The Labute approximate surface area is 136 Å². The number of halogens is 1. The van der Waals surface area contributed by atoms with Crippen LogP contribution >= 0.6 is 11.6 Å². The number of benzene rings is 1. The fourth-order valence-electron chi connectivity index (χ4n) is 2.60. The van der Waals surface area contributed by atoms with Crippen molar-refractivity contribution in [1.29, 1.82) is 0 Å². The van der Waals surface area contributed by atoms with E-state index >= 15 is 0 Å². The molecule has 1 saturated heterocycles. The summed E-state index contributed by atoms with van der Waals surface area (Å²) in [5, 5.41) is 5.62. The third-order valence-electron chi connectivity index (χ3n) is 3.65. The van der Waals surface area contributed by atoms with E-state index in [-0.39, 0.29) is 0 Å². The summed E-state index contributed by atoms with van der Waals surface area (Å²) >= 11 is 5.91. The minimum atomic E-state index is -3.60. The van der Waals surface area contributed by atoms with Gasteiger partial charge in [0.25, 0.3) is 10.2 Å². The first-order valence-corrected chi connectivity index (χ1v) is 9.23. The van der Waals surface area contributed by atoms with Crippen LogP contribution in [0.1, 0.15) is 12.8 Å². The zero-order valence-electron chi connectivity index (χ0n) is 12.4. The summed E-state index contributed by atoms with van der Waals surface area (Å²) in [5.41, 5.74) is 0. The fraction of sp³-hybridized carbons (Fsp3) is 0.571. The SMILES string of the molecule is NS(=O)(=O)NC[C@H]1CCCN(CCOc2cccc(Cl)c2)C1. The van der Waals surface area contributed by atoms with E-state index in [4.69, 9.17) is 21.5 Å². The van der Waals surface area contributed by atoms with Crippen molar-refractivity contribution in [2.24, 2.45) is 11.1 Å². The predicted molar refractivity (Wildman–Crippen MR) is 87.2 cm³/mol. The van der Waals surface area contributed by atoms with Crippen molar-refractivity contribution in [3.8, 4) is 5.75 Å². The van der Waals surface area contributed by atoms with Gasteiger partial charge in [-0.25, -0.2) is 9.86 Å². The molecule has 8 heteroatoms. The topological polar surface area (TPSA) is 84.7 Å². The predicted octanol–water partition coefficient (Wildman–Crippen LogP) is 1.22. The van der Waals surface area contributed by atoms with Crippen LogP contribution in [0.4, 0.5) is 0 Å². The average Bonchev–Trinajstić information content (AvgIpc) is 2.45. The van der Waals surface area contributed by atoms with Crippen molar-refractivity contribution in [3.05, 3.63) is 29.3 Å². The van der Waals surface area contributed by atoms with Crippen LogP contribution in [0.25, 0.3) is 0 Å². The summed E-state index contributed by atoms with van der Waals surface area (Å²) in [6, 6.07) is 7.33. The molecule has 1 fully saturated rings. The number of hydrogen-bond acceptors (Lipinski definition) is 4. The van der Waals surface area contributed by atoms with Crippen LogP contribution in [0.15, 0.2) is 24.3 Å². The number of hydrogen-bond donors (Lipinski definition) is 2. The van der Waals surface area contributed by atoms with Crippen molar-refractivity contribution in [2.75, 3.05) is 32.8 Å². The van der Waals surface area contributed by atoms with Crippen LogP contribution in [-0.2, 0) is 10.2 Å². The van der Waals surface area contributed by atoms with Crippen LogP contribution in [0.3, 0.4) is 0 Å². The summed E-state index contributed by atoms with van der Waals surface area (Å²) in [6.07, 6.45) is 2.06. The molecule has 0 aliphatic carbocycles. The van der Waals surface area contributed by atoms with E-state index in [0.717, 1.165) is 38.2 Å². The van der Waals surface area contributed by atoms with E-state index in [1.165, 1.54) is 0 Å². The number of piperidine rings is 1. The van der Waals surface area contributed by atoms with E-state index < -0.39 is 10.2 Å². The van der Waals surface area contributed by atoms with Crippen molar-refractivity contribution in [2.45, 2.75) is 12.8 Å². The molecule has 0 aromatic heterocycles. The Morgan fingerprint density at radius 1 is 1.45 bits per heavy atom. The molecule has 2 rings (SSSR count). The number of nitrogens with one attached hydrogen (secondary N) is 1. The summed E-state index contributed by atoms with van der Waals surface area (Å²) in [4.78, 5) is 2.28. The average molecular weight is 348 g/mol. The molecule has 0 unspecified atom stereocenters. The van der Waals surface area contributed by atoms with Gasteiger partial charge in [-0.1, -0.05) is 17.7 Å². The standard InChI is InChI=1S/C14H22ClN3O3S/c15-13-4-1-5-14(9-13)21-8-7-18-6-2-3-12(11-18)10-17-22(16,19)20/h1,4-5,9,12,17H,2-3,6-8,10-11H2,(H2,16,19,20)/t12-/m1/s1. The lowest BCUT2D eigenvalue weighted by molar-refractivity contribution is 0.148. The van der Waals surface area contributed by atoms with Crippen molar-refractivity contribution in [3.63, 3.8) is 0 Å². The lowest BCUT2D eigenvalue weighted by Crippen LogP contribution is -2.43. The highest BCUT2D eigenvalue weighted by Crippen LogP contribution is 2.18. The molecule has 124 valence electrons. The number of ether oxygens (including phenoxy) is 1. The van der Waals surface area contributed by atoms with Gasteiger partial charge < -0.3 is 4.74 Å². The number of likely N-dealkylation sites (tertiary alicyclic amines) is 1. The highest BCUT2D eigenvalue weighted by molar-refractivity contribution is 7.87. The molecule has 3 N–H and O–H groups in total. The second-order valence-electron chi connectivity index (χ2n) is 5.51. The molecule has 1 aromatic rings. The van der Waals surface area contributed by atoms with Gasteiger partial charge in [0.05, 0.1) is 0 Å². The molecule has 0 saturated carbocycles. The first-order valence-electron chi connectivity index (χ1n) is 7.30. The molecular formula is C14H22ClN3O3S. The molecule has 1 aromatic carbocycles. The molecule has 0 radical (unpaired) electrons.